The van der Waals surface area contributed by atoms with Gasteiger partial charge in [0.05, 0.1) is 0 Å². The van der Waals surface area contributed by atoms with Crippen LogP contribution < -0.4 is 0 Å². The molecule has 0 saturated carbocycles. The summed E-state index contributed by atoms with van der Waals surface area (Å²) in [4.78, 5) is 25.1. The average molecular weight is 259 g/mol. The molecule has 0 aliphatic carbocycles. The lowest BCUT2D eigenvalue weighted by Crippen LogP contribution is -2.33. The number of rotatable bonds is 5. The Bertz CT molecular complexity index is 441. The monoisotopic (exact) mass is 259 g/mol. The number of hydrogen-bond acceptors (Lipinski definition) is 2. The standard InChI is InChI=1S/C16H21NO2/c1-13-11-12-17(16(13)19)15(18)10-6-5-9-14-7-3-2-4-8-14/h2-4,7-8,13H,5-6,9-12H2,1H3. The molecule has 102 valence electrons. The minimum absolute atomic E-state index is 0.00223. The van der Waals surface area contributed by atoms with E-state index in [2.05, 4.69) is 12.1 Å². The van der Waals surface area contributed by atoms with Crippen LogP contribution in [0.15, 0.2) is 30.3 Å². The normalized spacial score (nSPS) is 18.9. The van der Waals surface area contributed by atoms with E-state index in [0.717, 1.165) is 25.7 Å². The van der Waals surface area contributed by atoms with Gasteiger partial charge in [-0.05, 0) is 31.2 Å². The van der Waals surface area contributed by atoms with Gasteiger partial charge in [0.2, 0.25) is 11.8 Å². The molecular weight excluding hydrogens is 238 g/mol. The van der Waals surface area contributed by atoms with Crippen LogP contribution in [0.1, 0.15) is 38.2 Å². The van der Waals surface area contributed by atoms with Crippen LogP contribution in [0.2, 0.25) is 0 Å². The lowest BCUT2D eigenvalue weighted by molar-refractivity contribution is -0.143. The number of carbonyl (C=O) groups is 2. The van der Waals surface area contributed by atoms with E-state index in [-0.39, 0.29) is 17.7 Å². The van der Waals surface area contributed by atoms with Gasteiger partial charge in [0.15, 0.2) is 0 Å². The van der Waals surface area contributed by atoms with E-state index in [4.69, 9.17) is 0 Å². The number of nitrogens with zero attached hydrogens (tertiary/aromatic N) is 1. The molecule has 0 N–H and O–H groups in total. The number of unbranched alkanes of at least 4 members (excludes halogenated alkanes) is 1. The molecule has 19 heavy (non-hydrogen) atoms. The van der Waals surface area contributed by atoms with Crippen molar-refractivity contribution in [1.29, 1.82) is 0 Å². The summed E-state index contributed by atoms with van der Waals surface area (Å²) < 4.78 is 0. The molecule has 0 radical (unpaired) electrons. The maximum Gasteiger partial charge on any atom is 0.232 e. The SMILES string of the molecule is CC1CCN(C(=O)CCCCc2ccccc2)C1=O. The Morgan fingerprint density at radius 1 is 1.26 bits per heavy atom. The highest BCUT2D eigenvalue weighted by Gasteiger charge is 2.31. The minimum atomic E-state index is 0.00223. The molecule has 1 saturated heterocycles. The molecule has 0 aromatic heterocycles. The van der Waals surface area contributed by atoms with Crippen LogP contribution in [-0.4, -0.2) is 23.3 Å². The van der Waals surface area contributed by atoms with Crippen molar-refractivity contribution in [3.05, 3.63) is 35.9 Å². The Hall–Kier alpha value is -1.64. The molecule has 1 aromatic rings. The topological polar surface area (TPSA) is 37.4 Å². The second-order valence-corrected chi connectivity index (χ2v) is 5.27. The Morgan fingerprint density at radius 3 is 2.63 bits per heavy atom. The van der Waals surface area contributed by atoms with Crippen LogP contribution in [0.3, 0.4) is 0 Å². The Morgan fingerprint density at radius 2 is 2.00 bits per heavy atom. The van der Waals surface area contributed by atoms with Crippen LogP contribution in [0.5, 0.6) is 0 Å². The summed E-state index contributed by atoms with van der Waals surface area (Å²) in [5.41, 5.74) is 1.31. The molecule has 1 unspecified atom stereocenters. The summed E-state index contributed by atoms with van der Waals surface area (Å²) >= 11 is 0. The van der Waals surface area contributed by atoms with Gasteiger partial charge < -0.3 is 0 Å². The van der Waals surface area contributed by atoms with Gasteiger partial charge in [0, 0.05) is 18.9 Å². The average Bonchev–Trinajstić information content (AvgIpc) is 2.76. The zero-order chi connectivity index (χ0) is 13.7. The predicted octanol–water partition coefficient (Wildman–Crippen LogP) is 2.79. The molecule has 1 heterocycles. The maximum atomic E-state index is 11.9. The van der Waals surface area contributed by atoms with Gasteiger partial charge in [-0.2, -0.15) is 0 Å². The molecule has 1 aromatic carbocycles. The van der Waals surface area contributed by atoms with Crippen molar-refractivity contribution in [1.82, 2.24) is 4.90 Å². The van der Waals surface area contributed by atoms with Crippen LogP contribution in [0.4, 0.5) is 0 Å². The fraction of sp³-hybridized carbons (Fsp3) is 0.500. The van der Waals surface area contributed by atoms with E-state index in [1.165, 1.54) is 10.5 Å². The largest absolute Gasteiger partial charge is 0.282 e. The molecule has 2 amide bonds. The fourth-order valence-electron chi connectivity index (χ4n) is 2.46. The quantitative estimate of drug-likeness (QED) is 0.762. The van der Waals surface area contributed by atoms with Crippen molar-refractivity contribution in [2.45, 2.75) is 39.0 Å². The lowest BCUT2D eigenvalue weighted by atomic mass is 10.1. The van der Waals surface area contributed by atoms with Crippen molar-refractivity contribution >= 4 is 11.8 Å². The Labute approximate surface area is 114 Å². The van der Waals surface area contributed by atoms with Crippen LogP contribution >= 0.6 is 0 Å². The number of benzene rings is 1. The van der Waals surface area contributed by atoms with E-state index in [1.807, 2.05) is 25.1 Å². The zero-order valence-corrected chi connectivity index (χ0v) is 11.5. The van der Waals surface area contributed by atoms with Crippen molar-refractivity contribution in [2.24, 2.45) is 5.92 Å². The van der Waals surface area contributed by atoms with Gasteiger partial charge in [0.1, 0.15) is 0 Å². The smallest absolute Gasteiger partial charge is 0.232 e. The molecule has 1 atom stereocenters. The molecule has 2 rings (SSSR count). The predicted molar refractivity (Wildman–Crippen MR) is 74.5 cm³/mol. The summed E-state index contributed by atoms with van der Waals surface area (Å²) in [7, 11) is 0. The minimum Gasteiger partial charge on any atom is -0.282 e. The summed E-state index contributed by atoms with van der Waals surface area (Å²) in [6.45, 7) is 2.50. The zero-order valence-electron chi connectivity index (χ0n) is 11.5. The van der Waals surface area contributed by atoms with E-state index < -0.39 is 0 Å². The molecule has 0 spiro atoms. The number of imide groups is 1. The highest BCUT2D eigenvalue weighted by molar-refractivity contribution is 5.97. The van der Waals surface area contributed by atoms with Gasteiger partial charge in [-0.15, -0.1) is 0 Å². The maximum absolute atomic E-state index is 11.9. The number of aryl methyl sites for hydroxylation is 1. The second-order valence-electron chi connectivity index (χ2n) is 5.27. The number of carbonyl (C=O) groups excluding carboxylic acids is 2. The van der Waals surface area contributed by atoms with Crippen molar-refractivity contribution in [3.8, 4) is 0 Å². The van der Waals surface area contributed by atoms with Crippen LogP contribution in [0, 0.1) is 5.92 Å². The third-order valence-corrected chi connectivity index (χ3v) is 3.72. The van der Waals surface area contributed by atoms with E-state index in [1.54, 1.807) is 0 Å². The Kier molecular flexibility index (Phi) is 4.72. The van der Waals surface area contributed by atoms with Crippen LogP contribution in [-0.2, 0) is 16.0 Å². The molecular formula is C16H21NO2. The van der Waals surface area contributed by atoms with Gasteiger partial charge in [-0.25, -0.2) is 0 Å². The first-order valence-electron chi connectivity index (χ1n) is 7.06. The van der Waals surface area contributed by atoms with Crippen LogP contribution in [0.25, 0.3) is 0 Å². The van der Waals surface area contributed by atoms with Gasteiger partial charge in [-0.3, -0.25) is 14.5 Å². The summed E-state index contributed by atoms with van der Waals surface area (Å²) in [6, 6.07) is 10.3. The molecule has 0 bridgehead atoms. The number of likely N-dealkylation sites (tertiary alicyclic amines) is 1. The summed E-state index contributed by atoms with van der Waals surface area (Å²) in [5, 5.41) is 0. The lowest BCUT2D eigenvalue weighted by Gasteiger charge is -2.13. The van der Waals surface area contributed by atoms with Crippen molar-refractivity contribution < 1.29 is 9.59 Å². The third-order valence-electron chi connectivity index (χ3n) is 3.72. The highest BCUT2D eigenvalue weighted by atomic mass is 16.2. The van der Waals surface area contributed by atoms with Gasteiger partial charge >= 0.3 is 0 Å². The fourth-order valence-corrected chi connectivity index (χ4v) is 2.46. The second kappa shape index (κ2) is 6.50. The summed E-state index contributed by atoms with van der Waals surface area (Å²) in [6.07, 6.45) is 4.15. The molecule has 1 fully saturated rings. The number of amides is 2. The van der Waals surface area contributed by atoms with Crippen molar-refractivity contribution in [2.75, 3.05) is 6.54 Å². The molecule has 1 aliphatic heterocycles. The van der Waals surface area contributed by atoms with Gasteiger partial charge in [0.25, 0.3) is 0 Å². The molecule has 1 aliphatic rings. The van der Waals surface area contributed by atoms with Gasteiger partial charge in [-0.1, -0.05) is 37.3 Å². The molecule has 3 nitrogen and oxygen atoms in total. The Balaban J connectivity index is 1.69. The first-order valence-corrected chi connectivity index (χ1v) is 7.06. The first kappa shape index (κ1) is 13.8. The first-order chi connectivity index (χ1) is 9.18. The van der Waals surface area contributed by atoms with Crippen molar-refractivity contribution in [3.63, 3.8) is 0 Å². The molecule has 3 heteroatoms. The third kappa shape index (κ3) is 3.66. The van der Waals surface area contributed by atoms with E-state index >= 15 is 0 Å². The number of hydrogen-bond donors (Lipinski definition) is 0. The summed E-state index contributed by atoms with van der Waals surface area (Å²) in [5.74, 6) is 0.0312. The highest BCUT2D eigenvalue weighted by Crippen LogP contribution is 2.18. The van der Waals surface area contributed by atoms with E-state index in [0.29, 0.717) is 13.0 Å². The van der Waals surface area contributed by atoms with E-state index in [9.17, 15) is 9.59 Å².